The number of carbonyl (C=O) groups excluding carboxylic acids is 1. The second-order valence-corrected chi connectivity index (χ2v) is 7.91. The first-order chi connectivity index (χ1) is 15.8. The third kappa shape index (κ3) is 5.06. The molecule has 170 valence electrons. The molecular weight excluding hydrogens is 422 g/mol. The number of fused-ring (bicyclic) bond motifs is 1. The summed E-state index contributed by atoms with van der Waals surface area (Å²) in [7, 11) is 0. The zero-order chi connectivity index (χ0) is 23.5. The summed E-state index contributed by atoms with van der Waals surface area (Å²) < 4.78 is 18.0. The van der Waals surface area contributed by atoms with Crippen molar-refractivity contribution in [1.82, 2.24) is 9.56 Å². The van der Waals surface area contributed by atoms with Crippen LogP contribution in [0.3, 0.4) is 0 Å². The lowest BCUT2D eigenvalue weighted by Crippen LogP contribution is -2.21. The van der Waals surface area contributed by atoms with Crippen LogP contribution in [0.15, 0.2) is 57.8 Å². The summed E-state index contributed by atoms with van der Waals surface area (Å²) in [6, 6.07) is 14.2. The Morgan fingerprint density at radius 3 is 2.67 bits per heavy atom. The van der Waals surface area contributed by atoms with Crippen LogP contribution in [0.1, 0.15) is 28.1 Å². The van der Waals surface area contributed by atoms with Gasteiger partial charge in [0.2, 0.25) is 0 Å². The van der Waals surface area contributed by atoms with Crippen LogP contribution < -0.4 is 20.3 Å². The van der Waals surface area contributed by atoms with Crippen molar-refractivity contribution >= 4 is 17.2 Å². The molecule has 0 atom stereocenters. The third-order valence-electron chi connectivity index (χ3n) is 5.22. The molecule has 33 heavy (non-hydrogen) atoms. The summed E-state index contributed by atoms with van der Waals surface area (Å²) in [5.41, 5.74) is 4.11. The van der Waals surface area contributed by atoms with Gasteiger partial charge >= 0.3 is 0 Å². The summed E-state index contributed by atoms with van der Waals surface area (Å²) in [4.78, 5) is 29.2. The number of benzene rings is 2. The fourth-order valence-corrected chi connectivity index (χ4v) is 3.38. The summed E-state index contributed by atoms with van der Waals surface area (Å²) in [6.07, 6.45) is 0. The van der Waals surface area contributed by atoms with Crippen molar-refractivity contribution in [3.05, 3.63) is 87.0 Å². The quantitative estimate of drug-likeness (QED) is 0.458. The van der Waals surface area contributed by atoms with Crippen LogP contribution in [0.5, 0.6) is 11.5 Å². The smallest absolute Gasteiger partial charge is 0.287 e. The molecule has 0 spiro atoms. The summed E-state index contributed by atoms with van der Waals surface area (Å²) in [5.74, 6) is 1.42. The molecule has 0 saturated heterocycles. The van der Waals surface area contributed by atoms with E-state index in [0.29, 0.717) is 34.3 Å². The van der Waals surface area contributed by atoms with Gasteiger partial charge in [-0.05, 0) is 62.6 Å². The summed E-state index contributed by atoms with van der Waals surface area (Å²) >= 11 is 0. The average Bonchev–Trinajstić information content (AvgIpc) is 3.15. The normalized spacial score (nSPS) is 10.9. The Bertz CT molecular complexity index is 1390. The lowest BCUT2D eigenvalue weighted by atomic mass is 10.1. The Labute approximate surface area is 190 Å². The highest BCUT2D eigenvalue weighted by Crippen LogP contribution is 2.27. The Balaban J connectivity index is 1.45. The lowest BCUT2D eigenvalue weighted by molar-refractivity contribution is -0.118. The predicted octanol–water partition coefficient (Wildman–Crippen LogP) is 4.12. The third-order valence-corrected chi connectivity index (χ3v) is 5.22. The van der Waals surface area contributed by atoms with Gasteiger partial charge in [-0.3, -0.25) is 9.59 Å². The number of aryl methyl sites for hydroxylation is 3. The second-order valence-electron chi connectivity index (χ2n) is 7.91. The molecular formula is C25H25N3O5. The average molecular weight is 447 g/mol. The van der Waals surface area contributed by atoms with Gasteiger partial charge in [0.1, 0.15) is 23.9 Å². The zero-order valence-electron chi connectivity index (χ0n) is 19.0. The van der Waals surface area contributed by atoms with E-state index < -0.39 is 0 Å². The van der Waals surface area contributed by atoms with Crippen molar-refractivity contribution in [2.75, 3.05) is 11.9 Å². The van der Waals surface area contributed by atoms with Gasteiger partial charge in [0, 0.05) is 12.1 Å². The van der Waals surface area contributed by atoms with Crippen LogP contribution in [0.25, 0.3) is 5.65 Å². The highest BCUT2D eigenvalue weighted by Gasteiger charge is 2.12. The summed E-state index contributed by atoms with van der Waals surface area (Å²) in [5, 5.41) is 2.85. The Morgan fingerprint density at radius 2 is 1.85 bits per heavy atom. The number of rotatable bonds is 7. The standard InChI is InChI=1S/C25H25N3O5/c1-15-8-9-22(31-13-19-12-25(30)28-23(26-19)11-17(3)33-28)20(10-15)27-24(29)14-32-21-7-5-6-16(2)18(21)4/h5-12H,13-14H2,1-4H3,(H,27,29). The van der Waals surface area contributed by atoms with E-state index in [1.807, 2.05) is 51.1 Å². The maximum atomic E-state index is 12.6. The van der Waals surface area contributed by atoms with Gasteiger partial charge in [-0.2, -0.15) is 0 Å². The van der Waals surface area contributed by atoms with Gasteiger partial charge < -0.3 is 19.3 Å². The number of ether oxygens (including phenoxy) is 2. The molecule has 2 aromatic heterocycles. The second kappa shape index (κ2) is 9.20. The maximum absolute atomic E-state index is 12.6. The topological polar surface area (TPSA) is 95.1 Å². The van der Waals surface area contributed by atoms with E-state index in [4.69, 9.17) is 14.0 Å². The Morgan fingerprint density at radius 1 is 1.03 bits per heavy atom. The largest absolute Gasteiger partial charge is 0.485 e. The van der Waals surface area contributed by atoms with Crippen LogP contribution >= 0.6 is 0 Å². The van der Waals surface area contributed by atoms with E-state index in [-0.39, 0.29) is 24.7 Å². The molecule has 0 bridgehead atoms. The molecule has 1 amide bonds. The van der Waals surface area contributed by atoms with Crippen molar-refractivity contribution in [2.24, 2.45) is 0 Å². The highest BCUT2D eigenvalue weighted by molar-refractivity contribution is 5.93. The van der Waals surface area contributed by atoms with E-state index in [1.165, 1.54) is 6.07 Å². The molecule has 0 aliphatic heterocycles. The first kappa shape index (κ1) is 22.1. The number of hydrogen-bond acceptors (Lipinski definition) is 6. The summed E-state index contributed by atoms with van der Waals surface area (Å²) in [6.45, 7) is 7.54. The molecule has 0 radical (unpaired) electrons. The van der Waals surface area contributed by atoms with Crippen molar-refractivity contribution in [3.8, 4) is 11.5 Å². The van der Waals surface area contributed by atoms with Crippen LogP contribution in [0.2, 0.25) is 0 Å². The van der Waals surface area contributed by atoms with Gasteiger partial charge in [-0.25, -0.2) is 4.98 Å². The SMILES string of the molecule is Cc1ccc(OCc2cc(=O)n3oc(C)cc3n2)c(NC(=O)COc2cccc(C)c2C)c1. The van der Waals surface area contributed by atoms with Crippen molar-refractivity contribution in [2.45, 2.75) is 34.3 Å². The molecule has 0 aliphatic rings. The number of hydrogen-bond donors (Lipinski definition) is 1. The fraction of sp³-hybridized carbons (Fsp3) is 0.240. The molecule has 4 aromatic rings. The highest BCUT2D eigenvalue weighted by atomic mass is 16.5. The van der Waals surface area contributed by atoms with Crippen LogP contribution in [-0.2, 0) is 11.4 Å². The molecule has 2 aromatic carbocycles. The molecule has 0 saturated carbocycles. The van der Waals surface area contributed by atoms with Crippen LogP contribution in [0, 0.1) is 27.7 Å². The molecule has 2 heterocycles. The molecule has 0 fully saturated rings. The number of nitrogens with one attached hydrogen (secondary N) is 1. The number of anilines is 1. The van der Waals surface area contributed by atoms with Gasteiger partial charge in [0.25, 0.3) is 11.5 Å². The van der Waals surface area contributed by atoms with E-state index in [0.717, 1.165) is 21.3 Å². The van der Waals surface area contributed by atoms with E-state index in [2.05, 4.69) is 10.3 Å². The van der Waals surface area contributed by atoms with Crippen molar-refractivity contribution in [3.63, 3.8) is 0 Å². The molecule has 8 nitrogen and oxygen atoms in total. The minimum atomic E-state index is -0.326. The molecule has 4 rings (SSSR count). The molecule has 1 N–H and O–H groups in total. The first-order valence-corrected chi connectivity index (χ1v) is 10.5. The monoisotopic (exact) mass is 447 g/mol. The molecule has 0 aliphatic carbocycles. The zero-order valence-corrected chi connectivity index (χ0v) is 19.0. The van der Waals surface area contributed by atoms with Crippen molar-refractivity contribution < 1.29 is 18.8 Å². The van der Waals surface area contributed by atoms with E-state index in [9.17, 15) is 9.59 Å². The van der Waals surface area contributed by atoms with Gasteiger partial charge in [0.15, 0.2) is 12.3 Å². The van der Waals surface area contributed by atoms with Gasteiger partial charge in [0.05, 0.1) is 11.4 Å². The lowest BCUT2D eigenvalue weighted by Gasteiger charge is -2.14. The van der Waals surface area contributed by atoms with Crippen LogP contribution in [0.4, 0.5) is 5.69 Å². The fourth-order valence-electron chi connectivity index (χ4n) is 3.38. The number of carbonyl (C=O) groups is 1. The van der Waals surface area contributed by atoms with Crippen LogP contribution in [-0.4, -0.2) is 22.1 Å². The maximum Gasteiger partial charge on any atom is 0.287 e. The first-order valence-electron chi connectivity index (χ1n) is 10.5. The minimum Gasteiger partial charge on any atom is -0.485 e. The van der Waals surface area contributed by atoms with E-state index in [1.54, 1.807) is 19.1 Å². The van der Waals surface area contributed by atoms with Gasteiger partial charge in [-0.15, -0.1) is 4.57 Å². The Hall–Kier alpha value is -4.07. The minimum absolute atomic E-state index is 0.0564. The van der Waals surface area contributed by atoms with E-state index >= 15 is 0 Å². The number of nitrogens with zero attached hydrogens (tertiary/aromatic N) is 2. The molecule has 8 heteroatoms. The van der Waals surface area contributed by atoms with Crippen molar-refractivity contribution in [1.29, 1.82) is 0 Å². The predicted molar refractivity (Wildman–Crippen MR) is 124 cm³/mol. The number of aromatic nitrogens is 2. The molecule has 0 unspecified atom stereocenters. The van der Waals surface area contributed by atoms with Gasteiger partial charge in [-0.1, -0.05) is 18.2 Å². The number of amides is 1. The Kier molecular flexibility index (Phi) is 6.17.